The van der Waals surface area contributed by atoms with Crippen LogP contribution in [0.5, 0.6) is 0 Å². The van der Waals surface area contributed by atoms with Crippen LogP contribution in [-0.2, 0) is 4.74 Å². The zero-order chi connectivity index (χ0) is 13.3. The molecule has 19 heavy (non-hydrogen) atoms. The number of nitrogens with one attached hydrogen (secondary N) is 1. The third-order valence-electron chi connectivity index (χ3n) is 6.03. The summed E-state index contributed by atoms with van der Waals surface area (Å²) in [5, 5.41) is 3.68. The Morgan fingerprint density at radius 3 is 2.63 bits per heavy atom. The van der Waals surface area contributed by atoms with E-state index in [1.54, 1.807) is 0 Å². The first-order valence-corrected chi connectivity index (χ1v) is 8.55. The van der Waals surface area contributed by atoms with E-state index in [2.05, 4.69) is 19.2 Å². The minimum atomic E-state index is 0.174. The second kappa shape index (κ2) is 5.73. The molecule has 0 bridgehead atoms. The van der Waals surface area contributed by atoms with Crippen LogP contribution < -0.4 is 5.32 Å². The van der Waals surface area contributed by atoms with E-state index < -0.39 is 0 Å². The summed E-state index contributed by atoms with van der Waals surface area (Å²) < 4.78 is 6.63. The summed E-state index contributed by atoms with van der Waals surface area (Å²) in [6.07, 6.45) is 11.5. The van der Waals surface area contributed by atoms with Crippen LogP contribution in [0.15, 0.2) is 0 Å². The van der Waals surface area contributed by atoms with Gasteiger partial charge >= 0.3 is 0 Å². The standard InChI is InChI=1S/C17H31NO/c1-13-7-8-17(10-14(13)2)12-18-11-16(19-17)9-15-5-3-4-6-15/h13-16,18H,3-12H2,1-2H3. The molecule has 1 aliphatic heterocycles. The molecule has 2 heteroatoms. The Labute approximate surface area is 118 Å². The molecule has 2 saturated carbocycles. The SMILES string of the molecule is CC1CCC2(CNCC(CC3CCCC3)O2)CC1C. The second-order valence-electron chi connectivity index (χ2n) is 7.64. The predicted octanol–water partition coefficient (Wildman–Crippen LogP) is 3.75. The molecule has 0 amide bonds. The van der Waals surface area contributed by atoms with Crippen LogP contribution in [0.3, 0.4) is 0 Å². The van der Waals surface area contributed by atoms with Gasteiger partial charge in [0.15, 0.2) is 0 Å². The highest BCUT2D eigenvalue weighted by Crippen LogP contribution is 2.41. The monoisotopic (exact) mass is 265 g/mol. The smallest absolute Gasteiger partial charge is 0.0813 e. The molecule has 4 atom stereocenters. The molecule has 0 aromatic heterocycles. The van der Waals surface area contributed by atoms with Gasteiger partial charge in [-0.1, -0.05) is 39.5 Å². The molecular weight excluding hydrogens is 234 g/mol. The van der Waals surface area contributed by atoms with Crippen LogP contribution in [0.1, 0.15) is 65.2 Å². The van der Waals surface area contributed by atoms with Gasteiger partial charge in [-0.15, -0.1) is 0 Å². The van der Waals surface area contributed by atoms with Crippen molar-refractivity contribution in [3.8, 4) is 0 Å². The fraction of sp³-hybridized carbons (Fsp3) is 1.00. The number of ether oxygens (including phenoxy) is 1. The Bertz CT molecular complexity index is 300. The molecule has 0 aromatic rings. The molecule has 1 heterocycles. The number of hydrogen-bond acceptors (Lipinski definition) is 2. The van der Waals surface area contributed by atoms with Gasteiger partial charge in [0.1, 0.15) is 0 Å². The highest BCUT2D eigenvalue weighted by Gasteiger charge is 2.42. The lowest BCUT2D eigenvalue weighted by molar-refractivity contribution is -0.152. The molecule has 3 aliphatic rings. The Kier molecular flexibility index (Phi) is 4.19. The highest BCUT2D eigenvalue weighted by atomic mass is 16.5. The quantitative estimate of drug-likeness (QED) is 0.821. The van der Waals surface area contributed by atoms with Crippen LogP contribution >= 0.6 is 0 Å². The topological polar surface area (TPSA) is 21.3 Å². The van der Waals surface area contributed by atoms with Gasteiger partial charge in [-0.05, 0) is 43.4 Å². The largest absolute Gasteiger partial charge is 0.369 e. The molecule has 0 aromatic carbocycles. The van der Waals surface area contributed by atoms with Crippen LogP contribution in [-0.4, -0.2) is 24.8 Å². The van der Waals surface area contributed by atoms with E-state index in [4.69, 9.17) is 4.74 Å². The van der Waals surface area contributed by atoms with Gasteiger partial charge in [-0.2, -0.15) is 0 Å². The summed E-state index contributed by atoms with van der Waals surface area (Å²) in [5.74, 6) is 2.65. The molecule has 0 radical (unpaired) electrons. The normalized spacial score (nSPS) is 44.8. The summed E-state index contributed by atoms with van der Waals surface area (Å²) in [5.41, 5.74) is 0.174. The summed E-state index contributed by atoms with van der Waals surface area (Å²) >= 11 is 0. The van der Waals surface area contributed by atoms with E-state index in [9.17, 15) is 0 Å². The minimum Gasteiger partial charge on any atom is -0.369 e. The van der Waals surface area contributed by atoms with E-state index in [0.29, 0.717) is 6.10 Å². The molecule has 2 nitrogen and oxygen atoms in total. The maximum absolute atomic E-state index is 6.63. The molecule has 1 spiro atoms. The zero-order valence-corrected chi connectivity index (χ0v) is 12.8. The number of morpholine rings is 1. The Hall–Kier alpha value is -0.0800. The van der Waals surface area contributed by atoms with Gasteiger partial charge in [-0.25, -0.2) is 0 Å². The van der Waals surface area contributed by atoms with Crippen molar-refractivity contribution in [3.05, 3.63) is 0 Å². The van der Waals surface area contributed by atoms with Crippen molar-refractivity contribution < 1.29 is 4.74 Å². The maximum atomic E-state index is 6.63. The van der Waals surface area contributed by atoms with Crippen molar-refractivity contribution in [1.82, 2.24) is 5.32 Å². The van der Waals surface area contributed by atoms with Crippen molar-refractivity contribution in [2.24, 2.45) is 17.8 Å². The first-order valence-electron chi connectivity index (χ1n) is 8.55. The fourth-order valence-corrected chi connectivity index (χ4v) is 4.58. The number of rotatable bonds is 2. The summed E-state index contributed by atoms with van der Waals surface area (Å²) in [6, 6.07) is 0. The van der Waals surface area contributed by atoms with Crippen molar-refractivity contribution in [3.63, 3.8) is 0 Å². The van der Waals surface area contributed by atoms with Crippen molar-refractivity contribution in [1.29, 1.82) is 0 Å². The molecular formula is C17H31NO. The van der Waals surface area contributed by atoms with Crippen molar-refractivity contribution in [2.45, 2.75) is 76.9 Å². The van der Waals surface area contributed by atoms with E-state index in [0.717, 1.165) is 30.8 Å². The lowest BCUT2D eigenvalue weighted by Gasteiger charge is -2.48. The molecule has 1 N–H and O–H groups in total. The van der Waals surface area contributed by atoms with Crippen LogP contribution in [0.2, 0.25) is 0 Å². The van der Waals surface area contributed by atoms with Gasteiger partial charge in [0, 0.05) is 13.1 Å². The Balaban J connectivity index is 1.57. The predicted molar refractivity (Wildman–Crippen MR) is 79.2 cm³/mol. The fourth-order valence-electron chi connectivity index (χ4n) is 4.58. The molecule has 1 saturated heterocycles. The molecule has 3 fully saturated rings. The second-order valence-corrected chi connectivity index (χ2v) is 7.64. The van der Waals surface area contributed by atoms with Gasteiger partial charge in [-0.3, -0.25) is 0 Å². The first kappa shape index (κ1) is 13.9. The molecule has 3 rings (SSSR count). The average Bonchev–Trinajstić information content (AvgIpc) is 2.88. The minimum absolute atomic E-state index is 0.174. The number of hydrogen-bond donors (Lipinski definition) is 1. The van der Waals surface area contributed by atoms with Crippen LogP contribution in [0, 0.1) is 17.8 Å². The summed E-state index contributed by atoms with van der Waals surface area (Å²) in [7, 11) is 0. The Morgan fingerprint density at radius 1 is 1.11 bits per heavy atom. The van der Waals surface area contributed by atoms with Crippen molar-refractivity contribution in [2.75, 3.05) is 13.1 Å². The van der Waals surface area contributed by atoms with Crippen LogP contribution in [0.4, 0.5) is 0 Å². The van der Waals surface area contributed by atoms with Gasteiger partial charge in [0.05, 0.1) is 11.7 Å². The van der Waals surface area contributed by atoms with E-state index in [1.165, 1.54) is 51.4 Å². The van der Waals surface area contributed by atoms with Crippen LogP contribution in [0.25, 0.3) is 0 Å². The third kappa shape index (κ3) is 3.16. The van der Waals surface area contributed by atoms with E-state index in [-0.39, 0.29) is 5.60 Å². The van der Waals surface area contributed by atoms with Gasteiger partial charge in [0.2, 0.25) is 0 Å². The highest BCUT2D eigenvalue weighted by molar-refractivity contribution is 4.95. The molecule has 4 unspecified atom stereocenters. The van der Waals surface area contributed by atoms with E-state index in [1.807, 2.05) is 0 Å². The van der Waals surface area contributed by atoms with Gasteiger partial charge in [0.25, 0.3) is 0 Å². The Morgan fingerprint density at radius 2 is 1.89 bits per heavy atom. The van der Waals surface area contributed by atoms with E-state index >= 15 is 0 Å². The van der Waals surface area contributed by atoms with Crippen molar-refractivity contribution >= 4 is 0 Å². The molecule has 2 aliphatic carbocycles. The lowest BCUT2D eigenvalue weighted by Crippen LogP contribution is -2.56. The lowest BCUT2D eigenvalue weighted by atomic mass is 9.72. The molecule has 110 valence electrons. The summed E-state index contributed by atoms with van der Waals surface area (Å²) in [4.78, 5) is 0. The van der Waals surface area contributed by atoms with Gasteiger partial charge < -0.3 is 10.1 Å². The zero-order valence-electron chi connectivity index (χ0n) is 12.8. The summed E-state index contributed by atoms with van der Waals surface area (Å²) in [6.45, 7) is 6.99. The average molecular weight is 265 g/mol. The maximum Gasteiger partial charge on any atom is 0.0813 e. The third-order valence-corrected chi connectivity index (χ3v) is 6.03. The first-order chi connectivity index (χ1) is 9.17.